The lowest BCUT2D eigenvalue weighted by Gasteiger charge is -2.10. The molecule has 4 heteroatoms. The van der Waals surface area contributed by atoms with Gasteiger partial charge >= 0.3 is 0 Å². The minimum Gasteiger partial charge on any atom is -0.475 e. The third kappa shape index (κ3) is 3.01. The molecule has 72 valence electrons. The van der Waals surface area contributed by atoms with Crippen molar-refractivity contribution in [1.82, 2.24) is 4.98 Å². The Hall–Kier alpha value is -1.13. The zero-order chi connectivity index (χ0) is 9.68. The molecule has 0 radical (unpaired) electrons. The highest BCUT2D eigenvalue weighted by molar-refractivity contribution is 5.23. The average Bonchev–Trinajstić information content (AvgIpc) is 2.16. The molecule has 0 spiro atoms. The predicted molar refractivity (Wildman–Crippen MR) is 49.5 cm³/mol. The molecule has 0 fully saturated rings. The minimum absolute atomic E-state index is 0.189. The number of pyridine rings is 1. The van der Waals surface area contributed by atoms with Gasteiger partial charge in [0.2, 0.25) is 5.88 Å². The smallest absolute Gasteiger partial charge is 0.216 e. The van der Waals surface area contributed by atoms with Crippen LogP contribution in [0.2, 0.25) is 0 Å². The van der Waals surface area contributed by atoms with Gasteiger partial charge in [-0.3, -0.25) is 0 Å². The monoisotopic (exact) mass is 182 g/mol. The Morgan fingerprint density at radius 3 is 3.08 bits per heavy atom. The Bertz CT molecular complexity index is 266. The summed E-state index contributed by atoms with van der Waals surface area (Å²) in [6.07, 6.45) is 1.03. The first-order valence-electron chi connectivity index (χ1n) is 4.16. The number of rotatable bonds is 4. The van der Waals surface area contributed by atoms with Gasteiger partial charge in [0.05, 0.1) is 0 Å². The van der Waals surface area contributed by atoms with E-state index in [0.717, 1.165) is 5.56 Å². The van der Waals surface area contributed by atoms with Gasteiger partial charge in [0.15, 0.2) is 0 Å². The fraction of sp³-hybridized carbons (Fsp3) is 0.444. The Balaban J connectivity index is 2.50. The Morgan fingerprint density at radius 1 is 1.69 bits per heavy atom. The number of ether oxygens (including phenoxy) is 1. The number of nitrogens with zero attached hydrogens (tertiary/aromatic N) is 1. The van der Waals surface area contributed by atoms with Crippen LogP contribution < -0.4 is 10.5 Å². The van der Waals surface area contributed by atoms with E-state index in [0.29, 0.717) is 5.88 Å². The summed E-state index contributed by atoms with van der Waals surface area (Å²) in [6.45, 7) is 2.29. The van der Waals surface area contributed by atoms with Crippen LogP contribution in [0.4, 0.5) is 0 Å². The van der Waals surface area contributed by atoms with Gasteiger partial charge in [-0.05, 0) is 13.0 Å². The molecule has 4 nitrogen and oxygen atoms in total. The molecule has 0 bridgehead atoms. The van der Waals surface area contributed by atoms with Gasteiger partial charge in [0, 0.05) is 18.3 Å². The molecule has 1 aromatic heterocycles. The maximum Gasteiger partial charge on any atom is 0.216 e. The molecule has 13 heavy (non-hydrogen) atoms. The van der Waals surface area contributed by atoms with Gasteiger partial charge in [-0.2, -0.15) is 0 Å². The summed E-state index contributed by atoms with van der Waals surface area (Å²) in [6, 6.07) is 3.73. The van der Waals surface area contributed by atoms with Crippen molar-refractivity contribution in [3.63, 3.8) is 0 Å². The van der Waals surface area contributed by atoms with Crippen molar-refractivity contribution >= 4 is 0 Å². The van der Waals surface area contributed by atoms with Crippen LogP contribution in [-0.2, 0) is 0 Å². The van der Waals surface area contributed by atoms with Crippen LogP contribution in [-0.4, -0.2) is 29.3 Å². The first kappa shape index (κ1) is 9.95. The number of nitrogens with two attached hydrogens (primary N) is 1. The van der Waals surface area contributed by atoms with Crippen molar-refractivity contribution in [2.45, 2.75) is 13.0 Å². The molecule has 1 aromatic rings. The Labute approximate surface area is 77.4 Å². The van der Waals surface area contributed by atoms with Gasteiger partial charge in [-0.15, -0.1) is 0 Å². The molecule has 0 aliphatic heterocycles. The molecule has 0 aliphatic carbocycles. The second-order valence-corrected chi connectivity index (χ2v) is 2.83. The lowest BCUT2D eigenvalue weighted by atomic mass is 10.3. The van der Waals surface area contributed by atoms with Crippen LogP contribution in [0.3, 0.4) is 0 Å². The van der Waals surface area contributed by atoms with Crippen molar-refractivity contribution in [1.29, 1.82) is 0 Å². The number of hydrogen-bond acceptors (Lipinski definition) is 4. The van der Waals surface area contributed by atoms with E-state index in [-0.39, 0.29) is 13.2 Å². The minimum atomic E-state index is -0.624. The van der Waals surface area contributed by atoms with Crippen molar-refractivity contribution in [3.05, 3.63) is 23.9 Å². The summed E-state index contributed by atoms with van der Waals surface area (Å²) in [5.74, 6) is 0.551. The predicted octanol–water partition coefficient (Wildman–Crippen LogP) is 0.0884. The average molecular weight is 182 g/mol. The summed E-state index contributed by atoms with van der Waals surface area (Å²) >= 11 is 0. The molecule has 0 aliphatic rings. The van der Waals surface area contributed by atoms with E-state index in [1.165, 1.54) is 0 Å². The van der Waals surface area contributed by atoms with Gasteiger partial charge in [-0.1, -0.05) is 6.07 Å². The quantitative estimate of drug-likeness (QED) is 0.692. The summed E-state index contributed by atoms with van der Waals surface area (Å²) in [5, 5.41) is 9.13. The number of aryl methyl sites for hydroxylation is 1. The van der Waals surface area contributed by atoms with E-state index in [2.05, 4.69) is 4.98 Å². The van der Waals surface area contributed by atoms with Crippen LogP contribution in [0.15, 0.2) is 18.3 Å². The third-order valence-corrected chi connectivity index (χ3v) is 1.65. The highest BCUT2D eigenvalue weighted by Crippen LogP contribution is 2.11. The third-order valence-electron chi connectivity index (χ3n) is 1.65. The number of aromatic nitrogens is 1. The summed E-state index contributed by atoms with van der Waals surface area (Å²) in [5.41, 5.74) is 6.17. The second-order valence-electron chi connectivity index (χ2n) is 2.83. The summed E-state index contributed by atoms with van der Waals surface area (Å²) in [7, 11) is 0. The van der Waals surface area contributed by atoms with Crippen molar-refractivity contribution in [2.75, 3.05) is 13.2 Å². The van der Waals surface area contributed by atoms with Crippen LogP contribution in [0.25, 0.3) is 0 Å². The molecule has 0 amide bonds. The zero-order valence-electron chi connectivity index (χ0n) is 7.60. The van der Waals surface area contributed by atoms with Crippen molar-refractivity contribution in [2.24, 2.45) is 5.73 Å². The van der Waals surface area contributed by atoms with E-state index < -0.39 is 6.10 Å². The summed E-state index contributed by atoms with van der Waals surface area (Å²) in [4.78, 5) is 4.01. The fourth-order valence-corrected chi connectivity index (χ4v) is 0.865. The highest BCUT2D eigenvalue weighted by Gasteiger charge is 2.04. The number of hydrogen-bond donors (Lipinski definition) is 2. The number of aliphatic hydroxyl groups excluding tert-OH is 1. The molecular weight excluding hydrogens is 168 g/mol. The Morgan fingerprint density at radius 2 is 2.46 bits per heavy atom. The molecular formula is C9H14N2O2. The standard InChI is InChI=1S/C9H14N2O2/c1-7-3-2-4-11-9(7)13-6-8(12)5-10/h2-4,8,12H,5-6,10H2,1H3. The molecule has 0 saturated carbocycles. The van der Waals surface area contributed by atoms with E-state index >= 15 is 0 Å². The second kappa shape index (κ2) is 4.79. The van der Waals surface area contributed by atoms with Gasteiger partial charge in [0.1, 0.15) is 12.7 Å². The van der Waals surface area contributed by atoms with E-state index in [1.54, 1.807) is 6.20 Å². The highest BCUT2D eigenvalue weighted by atomic mass is 16.5. The van der Waals surface area contributed by atoms with Crippen LogP contribution in [0, 0.1) is 6.92 Å². The van der Waals surface area contributed by atoms with Crippen molar-refractivity contribution < 1.29 is 9.84 Å². The molecule has 3 N–H and O–H groups in total. The molecule has 1 heterocycles. The topological polar surface area (TPSA) is 68.4 Å². The first-order chi connectivity index (χ1) is 6.24. The first-order valence-corrected chi connectivity index (χ1v) is 4.16. The lowest BCUT2D eigenvalue weighted by Crippen LogP contribution is -2.26. The van der Waals surface area contributed by atoms with Gasteiger partial charge in [-0.25, -0.2) is 4.98 Å². The molecule has 1 atom stereocenters. The summed E-state index contributed by atoms with van der Waals surface area (Å²) < 4.78 is 5.25. The van der Waals surface area contributed by atoms with Gasteiger partial charge in [0.25, 0.3) is 0 Å². The van der Waals surface area contributed by atoms with Crippen LogP contribution in [0.1, 0.15) is 5.56 Å². The van der Waals surface area contributed by atoms with E-state index in [9.17, 15) is 0 Å². The molecule has 1 rings (SSSR count). The Kier molecular flexibility index (Phi) is 3.67. The SMILES string of the molecule is Cc1cccnc1OCC(O)CN. The van der Waals surface area contributed by atoms with E-state index in [1.807, 2.05) is 19.1 Å². The van der Waals surface area contributed by atoms with Crippen molar-refractivity contribution in [3.8, 4) is 5.88 Å². The lowest BCUT2D eigenvalue weighted by molar-refractivity contribution is 0.111. The fourth-order valence-electron chi connectivity index (χ4n) is 0.865. The largest absolute Gasteiger partial charge is 0.475 e. The van der Waals surface area contributed by atoms with Crippen LogP contribution >= 0.6 is 0 Å². The maximum atomic E-state index is 9.13. The van der Waals surface area contributed by atoms with Crippen LogP contribution in [0.5, 0.6) is 5.88 Å². The molecule has 0 saturated heterocycles. The zero-order valence-corrected chi connectivity index (χ0v) is 7.60. The normalized spacial score (nSPS) is 12.5. The molecule has 0 aromatic carbocycles. The number of aliphatic hydroxyl groups is 1. The van der Waals surface area contributed by atoms with Gasteiger partial charge < -0.3 is 15.6 Å². The molecule has 1 unspecified atom stereocenters. The van der Waals surface area contributed by atoms with E-state index in [4.69, 9.17) is 15.6 Å². The maximum absolute atomic E-state index is 9.13.